The van der Waals surface area contributed by atoms with Gasteiger partial charge in [0.2, 0.25) is 0 Å². The van der Waals surface area contributed by atoms with Gasteiger partial charge in [0.05, 0.1) is 11.6 Å². The summed E-state index contributed by atoms with van der Waals surface area (Å²) in [4.78, 5) is 13.2. The number of hydrogen-bond acceptors (Lipinski definition) is 3. The average Bonchev–Trinajstić information content (AvgIpc) is 2.03. The molecule has 0 amide bonds. The summed E-state index contributed by atoms with van der Waals surface area (Å²) in [5.74, 6) is 0.210. The molecule has 1 N–H and O–H groups in total. The summed E-state index contributed by atoms with van der Waals surface area (Å²) in [5, 5.41) is 9.70. The Balaban J connectivity index is 2.45. The zero-order chi connectivity index (χ0) is 10.1. The molecule has 0 spiro atoms. The van der Waals surface area contributed by atoms with Crippen LogP contribution in [-0.2, 0) is 4.79 Å². The number of aliphatic hydroxyl groups is 1. The van der Waals surface area contributed by atoms with Crippen molar-refractivity contribution >= 4 is 5.78 Å². The van der Waals surface area contributed by atoms with Gasteiger partial charge in [0.25, 0.3) is 0 Å². The highest BCUT2D eigenvalue weighted by Gasteiger charge is 2.30. The van der Waals surface area contributed by atoms with E-state index in [0.717, 1.165) is 25.9 Å². The lowest BCUT2D eigenvalue weighted by Gasteiger charge is -2.38. The lowest BCUT2D eigenvalue weighted by Crippen LogP contribution is -2.48. The minimum atomic E-state index is -0.521. The predicted octanol–water partition coefficient (Wildman–Crippen LogP) is 0.811. The van der Waals surface area contributed by atoms with Crippen LogP contribution in [-0.4, -0.2) is 40.5 Å². The SMILES string of the molecule is CC(=O)[C@@H](C)N1CCC(C)(O)CC1. The van der Waals surface area contributed by atoms with E-state index in [0.29, 0.717) is 0 Å². The number of ketones is 1. The Bertz CT molecular complexity index is 191. The highest BCUT2D eigenvalue weighted by atomic mass is 16.3. The van der Waals surface area contributed by atoms with Crippen LogP contribution in [0.2, 0.25) is 0 Å². The minimum Gasteiger partial charge on any atom is -0.390 e. The summed E-state index contributed by atoms with van der Waals surface area (Å²) in [6.07, 6.45) is 1.54. The van der Waals surface area contributed by atoms with Gasteiger partial charge in [0.15, 0.2) is 0 Å². The first-order chi connectivity index (χ1) is 5.92. The van der Waals surface area contributed by atoms with Crippen LogP contribution in [0.1, 0.15) is 33.6 Å². The van der Waals surface area contributed by atoms with Crippen molar-refractivity contribution in [1.29, 1.82) is 0 Å². The summed E-state index contributed by atoms with van der Waals surface area (Å²) < 4.78 is 0. The molecule has 0 radical (unpaired) electrons. The largest absolute Gasteiger partial charge is 0.390 e. The van der Waals surface area contributed by atoms with Crippen LogP contribution in [0, 0.1) is 0 Å². The van der Waals surface area contributed by atoms with Crippen molar-refractivity contribution in [1.82, 2.24) is 4.90 Å². The molecule has 1 aliphatic heterocycles. The van der Waals surface area contributed by atoms with Gasteiger partial charge >= 0.3 is 0 Å². The minimum absolute atomic E-state index is 0.0103. The number of likely N-dealkylation sites (tertiary alicyclic amines) is 1. The van der Waals surface area contributed by atoms with Crippen LogP contribution in [0.15, 0.2) is 0 Å². The van der Waals surface area contributed by atoms with Crippen molar-refractivity contribution in [3.63, 3.8) is 0 Å². The molecule has 0 aromatic rings. The molecule has 0 bridgehead atoms. The zero-order valence-corrected chi connectivity index (χ0v) is 8.71. The first kappa shape index (κ1) is 10.7. The van der Waals surface area contributed by atoms with Gasteiger partial charge in [-0.25, -0.2) is 0 Å². The summed E-state index contributed by atoms with van der Waals surface area (Å²) >= 11 is 0. The van der Waals surface area contributed by atoms with Crippen LogP contribution < -0.4 is 0 Å². The fraction of sp³-hybridized carbons (Fsp3) is 0.900. The number of carbonyl (C=O) groups excluding carboxylic acids is 1. The monoisotopic (exact) mass is 185 g/mol. The van der Waals surface area contributed by atoms with Gasteiger partial charge in [0.1, 0.15) is 5.78 Å². The normalized spacial score (nSPS) is 25.5. The van der Waals surface area contributed by atoms with Gasteiger partial charge in [-0.1, -0.05) is 0 Å². The number of Topliss-reactive ketones (excluding diaryl/α,β-unsaturated/α-hetero) is 1. The number of hydrogen-bond donors (Lipinski definition) is 1. The smallest absolute Gasteiger partial charge is 0.146 e. The first-order valence-corrected chi connectivity index (χ1v) is 4.89. The maximum Gasteiger partial charge on any atom is 0.146 e. The molecule has 3 heteroatoms. The van der Waals surface area contributed by atoms with Gasteiger partial charge in [-0.05, 0) is 33.6 Å². The molecule has 1 atom stereocenters. The van der Waals surface area contributed by atoms with E-state index in [9.17, 15) is 9.90 Å². The predicted molar refractivity (Wildman–Crippen MR) is 51.6 cm³/mol. The van der Waals surface area contributed by atoms with Crippen molar-refractivity contribution in [3.05, 3.63) is 0 Å². The Morgan fingerprint density at radius 3 is 2.31 bits per heavy atom. The highest BCUT2D eigenvalue weighted by Crippen LogP contribution is 2.22. The fourth-order valence-electron chi connectivity index (χ4n) is 1.65. The van der Waals surface area contributed by atoms with Gasteiger partial charge < -0.3 is 5.11 Å². The Morgan fingerprint density at radius 1 is 1.46 bits per heavy atom. The quantitative estimate of drug-likeness (QED) is 0.692. The van der Waals surface area contributed by atoms with Gasteiger partial charge in [-0.15, -0.1) is 0 Å². The molecule has 0 aromatic carbocycles. The number of piperidine rings is 1. The van der Waals surface area contributed by atoms with Gasteiger partial charge in [-0.2, -0.15) is 0 Å². The molecule has 1 rings (SSSR count). The zero-order valence-electron chi connectivity index (χ0n) is 8.71. The number of rotatable bonds is 2. The molecule has 0 unspecified atom stereocenters. The molecule has 1 saturated heterocycles. The van der Waals surface area contributed by atoms with Crippen molar-refractivity contribution in [3.8, 4) is 0 Å². The second kappa shape index (κ2) is 3.76. The molecular formula is C10H19NO2. The van der Waals surface area contributed by atoms with Crippen LogP contribution in [0.5, 0.6) is 0 Å². The number of carbonyl (C=O) groups is 1. The Hall–Kier alpha value is -0.410. The second-order valence-electron chi connectivity index (χ2n) is 4.32. The van der Waals surface area contributed by atoms with E-state index in [1.54, 1.807) is 6.92 Å². The molecule has 76 valence electrons. The standard InChI is InChI=1S/C10H19NO2/c1-8(9(2)12)11-6-4-10(3,13)5-7-11/h8,13H,4-7H2,1-3H3/t8-/m1/s1. The molecule has 0 aliphatic carbocycles. The van der Waals surface area contributed by atoms with E-state index >= 15 is 0 Å². The van der Waals surface area contributed by atoms with E-state index < -0.39 is 5.60 Å². The van der Waals surface area contributed by atoms with Crippen LogP contribution in [0.3, 0.4) is 0 Å². The van der Waals surface area contributed by atoms with Gasteiger partial charge in [0, 0.05) is 13.1 Å². The average molecular weight is 185 g/mol. The summed E-state index contributed by atoms with van der Waals surface area (Å²) in [7, 11) is 0. The van der Waals surface area contributed by atoms with E-state index in [1.165, 1.54) is 0 Å². The Kier molecular flexibility index (Phi) is 3.09. The Labute approximate surface area is 79.7 Å². The third kappa shape index (κ3) is 2.78. The molecule has 0 aromatic heterocycles. The van der Waals surface area contributed by atoms with Crippen molar-refractivity contribution in [2.75, 3.05) is 13.1 Å². The molecule has 0 saturated carbocycles. The van der Waals surface area contributed by atoms with Crippen molar-refractivity contribution in [2.24, 2.45) is 0 Å². The molecule has 13 heavy (non-hydrogen) atoms. The van der Waals surface area contributed by atoms with E-state index in [4.69, 9.17) is 0 Å². The lowest BCUT2D eigenvalue weighted by molar-refractivity contribution is -0.123. The van der Waals surface area contributed by atoms with E-state index in [1.807, 2.05) is 13.8 Å². The fourth-order valence-corrected chi connectivity index (χ4v) is 1.65. The number of nitrogens with zero attached hydrogens (tertiary/aromatic N) is 1. The molecule has 1 heterocycles. The van der Waals surface area contributed by atoms with Crippen molar-refractivity contribution < 1.29 is 9.90 Å². The highest BCUT2D eigenvalue weighted by molar-refractivity contribution is 5.80. The van der Waals surface area contributed by atoms with Crippen molar-refractivity contribution in [2.45, 2.75) is 45.3 Å². The lowest BCUT2D eigenvalue weighted by atomic mass is 9.93. The summed E-state index contributed by atoms with van der Waals surface area (Å²) in [6, 6.07) is 0.0103. The third-order valence-electron chi connectivity index (χ3n) is 3.01. The van der Waals surface area contributed by atoms with E-state index in [2.05, 4.69) is 4.90 Å². The topological polar surface area (TPSA) is 40.5 Å². The molecular weight excluding hydrogens is 166 g/mol. The van der Waals surface area contributed by atoms with Crippen LogP contribution in [0.25, 0.3) is 0 Å². The summed E-state index contributed by atoms with van der Waals surface area (Å²) in [5.41, 5.74) is -0.521. The third-order valence-corrected chi connectivity index (χ3v) is 3.01. The molecule has 1 fully saturated rings. The first-order valence-electron chi connectivity index (χ1n) is 4.89. The molecule has 1 aliphatic rings. The van der Waals surface area contributed by atoms with E-state index in [-0.39, 0.29) is 11.8 Å². The molecule has 3 nitrogen and oxygen atoms in total. The maximum atomic E-state index is 11.1. The second-order valence-corrected chi connectivity index (χ2v) is 4.32. The maximum absolute atomic E-state index is 11.1. The van der Waals surface area contributed by atoms with Gasteiger partial charge in [-0.3, -0.25) is 9.69 Å². The van der Waals surface area contributed by atoms with Crippen LogP contribution >= 0.6 is 0 Å². The van der Waals surface area contributed by atoms with Crippen LogP contribution in [0.4, 0.5) is 0 Å². The Morgan fingerprint density at radius 2 is 1.92 bits per heavy atom. The summed E-state index contributed by atoms with van der Waals surface area (Å²) in [6.45, 7) is 7.07.